The molecule has 6 heteroatoms. The van der Waals surface area contributed by atoms with Crippen molar-refractivity contribution in [2.24, 2.45) is 0 Å². The van der Waals surface area contributed by atoms with E-state index in [1.54, 1.807) is 24.3 Å². The van der Waals surface area contributed by atoms with Crippen LogP contribution < -0.4 is 4.72 Å². The van der Waals surface area contributed by atoms with Crippen molar-refractivity contribution < 1.29 is 13.2 Å². The first kappa shape index (κ1) is 18.4. The van der Waals surface area contributed by atoms with Gasteiger partial charge in [-0.1, -0.05) is 42.5 Å². The topological polar surface area (TPSA) is 66.5 Å². The molecule has 26 heavy (non-hydrogen) atoms. The van der Waals surface area contributed by atoms with E-state index in [0.29, 0.717) is 12.6 Å². The lowest BCUT2D eigenvalue weighted by molar-refractivity contribution is -0.127. The van der Waals surface area contributed by atoms with Crippen LogP contribution in [-0.2, 0) is 21.4 Å². The first-order valence-corrected chi connectivity index (χ1v) is 10.0. The SMILES string of the molecule is CNS(=O)(=O)c1ccc(/C=C/C(=O)N(Cc2ccccc2)C2CC2)cc1. The maximum Gasteiger partial charge on any atom is 0.247 e. The van der Waals surface area contributed by atoms with Crippen molar-refractivity contribution in [2.45, 2.75) is 30.3 Å². The highest BCUT2D eigenvalue weighted by molar-refractivity contribution is 7.89. The van der Waals surface area contributed by atoms with Crippen LogP contribution in [0.5, 0.6) is 0 Å². The van der Waals surface area contributed by atoms with Crippen LogP contribution in [0.3, 0.4) is 0 Å². The van der Waals surface area contributed by atoms with Crippen molar-refractivity contribution in [3.63, 3.8) is 0 Å². The number of amides is 1. The van der Waals surface area contributed by atoms with Gasteiger partial charge in [0.15, 0.2) is 0 Å². The molecule has 1 fully saturated rings. The van der Waals surface area contributed by atoms with Gasteiger partial charge >= 0.3 is 0 Å². The standard InChI is InChI=1S/C20H22N2O3S/c1-21-26(24,25)19-12-7-16(8-13-19)9-14-20(23)22(18-10-11-18)15-17-5-3-2-4-6-17/h2-9,12-14,18,21H,10-11,15H2,1H3/b14-9+. The quantitative estimate of drug-likeness (QED) is 0.762. The van der Waals surface area contributed by atoms with E-state index in [0.717, 1.165) is 24.0 Å². The molecule has 3 rings (SSSR count). The third-order valence-corrected chi connectivity index (χ3v) is 5.77. The first-order chi connectivity index (χ1) is 12.5. The lowest BCUT2D eigenvalue weighted by Crippen LogP contribution is -2.31. The Morgan fingerprint density at radius 2 is 1.77 bits per heavy atom. The maximum atomic E-state index is 12.6. The Kier molecular flexibility index (Phi) is 5.54. The number of nitrogens with one attached hydrogen (secondary N) is 1. The molecule has 0 bridgehead atoms. The fraction of sp³-hybridized carbons (Fsp3) is 0.250. The van der Waals surface area contributed by atoms with Crippen molar-refractivity contribution in [1.82, 2.24) is 9.62 Å². The Balaban J connectivity index is 1.69. The number of carbonyl (C=O) groups is 1. The van der Waals surface area contributed by atoms with Gasteiger partial charge in [-0.05, 0) is 49.2 Å². The molecule has 2 aromatic carbocycles. The number of rotatable bonds is 7. The van der Waals surface area contributed by atoms with Crippen molar-refractivity contribution in [3.8, 4) is 0 Å². The van der Waals surface area contributed by atoms with Crippen LogP contribution >= 0.6 is 0 Å². The molecule has 5 nitrogen and oxygen atoms in total. The van der Waals surface area contributed by atoms with Crippen molar-refractivity contribution in [1.29, 1.82) is 0 Å². The first-order valence-electron chi connectivity index (χ1n) is 8.56. The predicted octanol–water partition coefficient (Wildman–Crippen LogP) is 2.80. The summed E-state index contributed by atoms with van der Waals surface area (Å²) in [5, 5.41) is 0. The summed E-state index contributed by atoms with van der Waals surface area (Å²) in [4.78, 5) is 14.7. The molecule has 0 aromatic heterocycles. The summed E-state index contributed by atoms with van der Waals surface area (Å²) in [6.45, 7) is 0.605. The summed E-state index contributed by atoms with van der Waals surface area (Å²) in [5.41, 5.74) is 1.90. The van der Waals surface area contributed by atoms with E-state index in [1.165, 1.54) is 19.2 Å². The highest BCUT2D eigenvalue weighted by Crippen LogP contribution is 2.28. The highest BCUT2D eigenvalue weighted by atomic mass is 32.2. The lowest BCUT2D eigenvalue weighted by atomic mass is 10.2. The van der Waals surface area contributed by atoms with Gasteiger partial charge in [-0.25, -0.2) is 13.1 Å². The van der Waals surface area contributed by atoms with Crippen LogP contribution in [0.25, 0.3) is 6.08 Å². The number of benzene rings is 2. The van der Waals surface area contributed by atoms with Crippen LogP contribution in [0.1, 0.15) is 24.0 Å². The van der Waals surface area contributed by atoms with Crippen LogP contribution in [0, 0.1) is 0 Å². The Hall–Kier alpha value is -2.44. The highest BCUT2D eigenvalue weighted by Gasteiger charge is 2.31. The zero-order chi connectivity index (χ0) is 18.6. The van der Waals surface area contributed by atoms with Gasteiger partial charge < -0.3 is 4.90 Å². The van der Waals surface area contributed by atoms with E-state index in [2.05, 4.69) is 4.72 Å². The van der Waals surface area contributed by atoms with Crippen molar-refractivity contribution in [3.05, 3.63) is 71.8 Å². The Morgan fingerprint density at radius 1 is 1.12 bits per heavy atom. The van der Waals surface area contributed by atoms with Crippen LogP contribution in [0.4, 0.5) is 0 Å². The number of hydrogen-bond acceptors (Lipinski definition) is 3. The summed E-state index contributed by atoms with van der Waals surface area (Å²) >= 11 is 0. The monoisotopic (exact) mass is 370 g/mol. The van der Waals surface area contributed by atoms with Gasteiger partial charge in [-0.3, -0.25) is 4.79 Å². The molecule has 1 aliphatic carbocycles. The summed E-state index contributed by atoms with van der Waals surface area (Å²) < 4.78 is 25.7. The van der Waals surface area contributed by atoms with E-state index in [9.17, 15) is 13.2 Å². The minimum Gasteiger partial charge on any atom is -0.332 e. The molecule has 0 saturated heterocycles. The summed E-state index contributed by atoms with van der Waals surface area (Å²) in [5.74, 6) is -0.0247. The van der Waals surface area contributed by atoms with Crippen LogP contribution in [0.2, 0.25) is 0 Å². The molecular weight excluding hydrogens is 348 g/mol. The summed E-state index contributed by atoms with van der Waals surface area (Å²) in [7, 11) is -2.07. The number of hydrogen-bond donors (Lipinski definition) is 1. The molecule has 0 unspecified atom stereocenters. The van der Waals surface area contributed by atoms with Gasteiger partial charge in [0, 0.05) is 18.7 Å². The average molecular weight is 370 g/mol. The van der Waals surface area contributed by atoms with Crippen molar-refractivity contribution >= 4 is 22.0 Å². The molecule has 1 amide bonds. The smallest absolute Gasteiger partial charge is 0.247 e. The van der Waals surface area contributed by atoms with Crippen LogP contribution in [-0.4, -0.2) is 32.3 Å². The second-order valence-corrected chi connectivity index (χ2v) is 8.18. The van der Waals surface area contributed by atoms with Gasteiger partial charge in [0.1, 0.15) is 0 Å². The fourth-order valence-electron chi connectivity index (χ4n) is 2.69. The Labute approximate surface area is 154 Å². The van der Waals surface area contributed by atoms with E-state index in [1.807, 2.05) is 35.2 Å². The zero-order valence-electron chi connectivity index (χ0n) is 14.6. The third-order valence-electron chi connectivity index (χ3n) is 4.34. The molecule has 1 aliphatic rings. The predicted molar refractivity (Wildman–Crippen MR) is 102 cm³/mol. The van der Waals surface area contributed by atoms with Crippen LogP contribution in [0.15, 0.2) is 65.6 Å². The number of carbonyl (C=O) groups excluding carboxylic acids is 1. The van der Waals surface area contributed by atoms with Gasteiger partial charge in [0.2, 0.25) is 15.9 Å². The average Bonchev–Trinajstić information content (AvgIpc) is 3.50. The minimum atomic E-state index is -3.45. The second-order valence-electron chi connectivity index (χ2n) is 6.29. The van der Waals surface area contributed by atoms with Gasteiger partial charge in [-0.15, -0.1) is 0 Å². The molecular formula is C20H22N2O3S. The zero-order valence-corrected chi connectivity index (χ0v) is 15.4. The largest absolute Gasteiger partial charge is 0.332 e. The second kappa shape index (κ2) is 7.85. The van der Waals surface area contributed by atoms with Crippen molar-refractivity contribution in [2.75, 3.05) is 7.05 Å². The van der Waals surface area contributed by atoms with E-state index >= 15 is 0 Å². The van der Waals surface area contributed by atoms with E-state index < -0.39 is 10.0 Å². The normalized spacial score (nSPS) is 14.5. The van der Waals surface area contributed by atoms with Gasteiger partial charge in [-0.2, -0.15) is 0 Å². The van der Waals surface area contributed by atoms with Gasteiger partial charge in [0.05, 0.1) is 4.90 Å². The lowest BCUT2D eigenvalue weighted by Gasteiger charge is -2.21. The van der Waals surface area contributed by atoms with E-state index in [4.69, 9.17) is 0 Å². The molecule has 0 aliphatic heterocycles. The molecule has 0 spiro atoms. The summed E-state index contributed by atoms with van der Waals surface area (Å²) in [6.07, 6.45) is 5.37. The minimum absolute atomic E-state index is 0.0247. The fourth-order valence-corrected chi connectivity index (χ4v) is 3.42. The molecule has 0 atom stereocenters. The number of sulfonamides is 1. The third kappa shape index (κ3) is 4.59. The molecule has 136 valence electrons. The molecule has 1 N–H and O–H groups in total. The Bertz CT molecular complexity index is 886. The molecule has 0 heterocycles. The molecule has 2 aromatic rings. The Morgan fingerprint density at radius 3 is 2.35 bits per heavy atom. The molecule has 1 saturated carbocycles. The summed E-state index contributed by atoms with van der Waals surface area (Å²) in [6, 6.07) is 16.7. The molecule has 0 radical (unpaired) electrons. The number of nitrogens with zero attached hydrogens (tertiary/aromatic N) is 1. The van der Waals surface area contributed by atoms with Gasteiger partial charge in [0.25, 0.3) is 0 Å². The van der Waals surface area contributed by atoms with E-state index in [-0.39, 0.29) is 10.8 Å². The maximum absolute atomic E-state index is 12.6.